The first kappa shape index (κ1) is 19.5. The van der Waals surface area contributed by atoms with Gasteiger partial charge in [0.05, 0.1) is 16.3 Å². The highest BCUT2D eigenvalue weighted by atomic mass is 32.2. The summed E-state index contributed by atoms with van der Waals surface area (Å²) in [7, 11) is -7.57. The summed E-state index contributed by atoms with van der Waals surface area (Å²) in [5.74, 6) is 0.574. The Labute approximate surface area is 165 Å². The van der Waals surface area contributed by atoms with E-state index in [-0.39, 0.29) is 22.9 Å². The van der Waals surface area contributed by atoms with Gasteiger partial charge < -0.3 is 4.57 Å². The van der Waals surface area contributed by atoms with E-state index >= 15 is 0 Å². The molecule has 1 fully saturated rings. The van der Waals surface area contributed by atoms with Crippen LogP contribution in [0.4, 0.5) is 0 Å². The lowest BCUT2D eigenvalue weighted by Gasteiger charge is -2.28. The molecule has 2 aliphatic rings. The molecule has 0 radical (unpaired) electrons. The van der Waals surface area contributed by atoms with Crippen molar-refractivity contribution in [1.82, 2.24) is 23.4 Å². The zero-order valence-corrected chi connectivity index (χ0v) is 17.3. The van der Waals surface area contributed by atoms with E-state index in [2.05, 4.69) is 10.2 Å². The van der Waals surface area contributed by atoms with E-state index in [4.69, 9.17) is 0 Å². The minimum absolute atomic E-state index is 0.0264. The zero-order valence-electron chi connectivity index (χ0n) is 15.7. The van der Waals surface area contributed by atoms with Crippen LogP contribution in [0, 0.1) is 6.92 Å². The molecule has 1 saturated heterocycles. The molecule has 0 N–H and O–H groups in total. The van der Waals surface area contributed by atoms with E-state index in [0.717, 1.165) is 19.3 Å². The second-order valence-corrected chi connectivity index (χ2v) is 11.0. The Kier molecular flexibility index (Phi) is 5.02. The molecule has 0 unspecified atom stereocenters. The monoisotopic (exact) mass is 425 g/mol. The standard InChI is InChI=1S/C17H23N5O4S2/c1-14-5-6-15(27(23,24)21-7-3-2-4-8-21)11-16(14)28(25,26)22-10-9-20-13-18-19-17(20)12-22/h5-6,11,13H,2-4,7-10,12H2,1H3. The molecular formula is C17H23N5O4S2. The zero-order chi connectivity index (χ0) is 19.9. The molecule has 3 heterocycles. The van der Waals surface area contributed by atoms with Gasteiger partial charge in [-0.15, -0.1) is 10.2 Å². The summed E-state index contributed by atoms with van der Waals surface area (Å²) in [6.45, 7) is 3.49. The lowest BCUT2D eigenvalue weighted by molar-refractivity contribution is 0.335. The highest BCUT2D eigenvalue weighted by Crippen LogP contribution is 2.28. The summed E-state index contributed by atoms with van der Waals surface area (Å²) < 4.78 is 57.1. The summed E-state index contributed by atoms with van der Waals surface area (Å²) in [4.78, 5) is 0.0531. The highest BCUT2D eigenvalue weighted by molar-refractivity contribution is 7.90. The molecule has 1 aromatic carbocycles. The molecule has 1 aromatic heterocycles. The number of benzene rings is 1. The number of rotatable bonds is 4. The van der Waals surface area contributed by atoms with Gasteiger partial charge in [0, 0.05) is 26.2 Å². The molecular weight excluding hydrogens is 402 g/mol. The molecule has 0 bridgehead atoms. The highest BCUT2D eigenvalue weighted by Gasteiger charge is 2.33. The van der Waals surface area contributed by atoms with Gasteiger partial charge in [-0.1, -0.05) is 12.5 Å². The molecule has 11 heteroatoms. The molecule has 0 amide bonds. The largest absolute Gasteiger partial charge is 0.315 e. The van der Waals surface area contributed by atoms with Crippen LogP contribution in [-0.2, 0) is 33.1 Å². The van der Waals surface area contributed by atoms with E-state index in [0.29, 0.717) is 31.0 Å². The third-order valence-electron chi connectivity index (χ3n) is 5.33. The predicted octanol–water partition coefficient (Wildman–Crippen LogP) is 0.966. The fraction of sp³-hybridized carbons (Fsp3) is 0.529. The van der Waals surface area contributed by atoms with Gasteiger partial charge in [0.2, 0.25) is 20.0 Å². The Balaban J connectivity index is 1.69. The van der Waals surface area contributed by atoms with Gasteiger partial charge in [-0.25, -0.2) is 16.8 Å². The fourth-order valence-corrected chi connectivity index (χ4v) is 6.92. The third-order valence-corrected chi connectivity index (χ3v) is 9.22. The minimum Gasteiger partial charge on any atom is -0.315 e. The molecule has 0 atom stereocenters. The van der Waals surface area contributed by atoms with Gasteiger partial charge in [-0.2, -0.15) is 8.61 Å². The summed E-state index contributed by atoms with van der Waals surface area (Å²) >= 11 is 0. The van der Waals surface area contributed by atoms with Gasteiger partial charge in [-0.05, 0) is 37.5 Å². The molecule has 0 saturated carbocycles. The van der Waals surface area contributed by atoms with E-state index < -0.39 is 20.0 Å². The fourth-order valence-electron chi connectivity index (χ4n) is 3.66. The number of aromatic nitrogens is 3. The maximum atomic E-state index is 13.3. The SMILES string of the molecule is Cc1ccc(S(=O)(=O)N2CCCCC2)cc1S(=O)(=O)N1CCn2cnnc2C1. The Hall–Kier alpha value is -1.82. The molecule has 152 valence electrons. The first-order valence-electron chi connectivity index (χ1n) is 9.28. The maximum Gasteiger partial charge on any atom is 0.243 e. The number of sulfonamides is 2. The van der Waals surface area contributed by atoms with E-state index in [1.54, 1.807) is 19.3 Å². The Morgan fingerprint density at radius 1 is 0.893 bits per heavy atom. The lowest BCUT2D eigenvalue weighted by atomic mass is 10.2. The van der Waals surface area contributed by atoms with Gasteiger partial charge in [0.1, 0.15) is 12.2 Å². The molecule has 4 rings (SSSR count). The van der Waals surface area contributed by atoms with Crippen molar-refractivity contribution in [3.8, 4) is 0 Å². The van der Waals surface area contributed by atoms with Gasteiger partial charge in [0.25, 0.3) is 0 Å². The van der Waals surface area contributed by atoms with Crippen molar-refractivity contribution in [3.63, 3.8) is 0 Å². The molecule has 9 nitrogen and oxygen atoms in total. The summed E-state index contributed by atoms with van der Waals surface area (Å²) in [5, 5.41) is 7.77. The average Bonchev–Trinajstić information content (AvgIpc) is 3.16. The average molecular weight is 426 g/mol. The summed E-state index contributed by atoms with van der Waals surface area (Å²) in [6.07, 6.45) is 4.24. The van der Waals surface area contributed by atoms with Crippen LogP contribution in [0.2, 0.25) is 0 Å². The number of piperidine rings is 1. The van der Waals surface area contributed by atoms with Crippen molar-refractivity contribution < 1.29 is 16.8 Å². The lowest BCUT2D eigenvalue weighted by Crippen LogP contribution is -2.39. The van der Waals surface area contributed by atoms with Gasteiger partial charge >= 0.3 is 0 Å². The topological polar surface area (TPSA) is 105 Å². The third kappa shape index (κ3) is 3.36. The van der Waals surface area contributed by atoms with Crippen molar-refractivity contribution in [2.45, 2.75) is 49.1 Å². The Morgan fingerprint density at radius 3 is 2.39 bits per heavy atom. The first-order valence-corrected chi connectivity index (χ1v) is 12.2. The summed E-state index contributed by atoms with van der Waals surface area (Å²) in [6, 6.07) is 4.36. The van der Waals surface area contributed by atoms with Gasteiger partial charge in [0.15, 0.2) is 0 Å². The number of fused-ring (bicyclic) bond motifs is 1. The molecule has 2 aliphatic heterocycles. The first-order chi connectivity index (χ1) is 13.3. The van der Waals surface area contributed by atoms with E-state index in [1.807, 2.05) is 4.57 Å². The number of hydrogen-bond donors (Lipinski definition) is 0. The van der Waals surface area contributed by atoms with Crippen molar-refractivity contribution in [1.29, 1.82) is 0 Å². The van der Waals surface area contributed by atoms with Crippen LogP contribution < -0.4 is 0 Å². The quantitative estimate of drug-likeness (QED) is 0.723. The number of hydrogen-bond acceptors (Lipinski definition) is 6. The predicted molar refractivity (Wildman–Crippen MR) is 101 cm³/mol. The second kappa shape index (κ2) is 7.21. The maximum absolute atomic E-state index is 13.3. The minimum atomic E-state index is -3.86. The van der Waals surface area contributed by atoms with Crippen molar-refractivity contribution in [3.05, 3.63) is 35.9 Å². The second-order valence-electron chi connectivity index (χ2n) is 7.17. The molecule has 28 heavy (non-hydrogen) atoms. The smallest absolute Gasteiger partial charge is 0.243 e. The molecule has 2 aromatic rings. The normalized spacial score (nSPS) is 19.5. The van der Waals surface area contributed by atoms with Crippen LogP contribution in [0.5, 0.6) is 0 Å². The van der Waals surface area contributed by atoms with Crippen molar-refractivity contribution >= 4 is 20.0 Å². The Morgan fingerprint density at radius 2 is 1.64 bits per heavy atom. The number of nitrogens with zero attached hydrogens (tertiary/aromatic N) is 5. The van der Waals surface area contributed by atoms with Crippen LogP contribution >= 0.6 is 0 Å². The van der Waals surface area contributed by atoms with Crippen LogP contribution in [-0.4, -0.2) is 59.8 Å². The van der Waals surface area contributed by atoms with Crippen LogP contribution in [0.3, 0.4) is 0 Å². The van der Waals surface area contributed by atoms with Crippen LogP contribution in [0.25, 0.3) is 0 Å². The molecule has 0 aliphatic carbocycles. The Bertz CT molecular complexity index is 1090. The van der Waals surface area contributed by atoms with E-state index in [9.17, 15) is 16.8 Å². The summed E-state index contributed by atoms with van der Waals surface area (Å²) in [5.41, 5.74) is 0.518. The van der Waals surface area contributed by atoms with Crippen LogP contribution in [0.1, 0.15) is 30.7 Å². The van der Waals surface area contributed by atoms with Gasteiger partial charge in [-0.3, -0.25) is 0 Å². The van der Waals surface area contributed by atoms with Crippen LogP contribution in [0.15, 0.2) is 34.3 Å². The van der Waals surface area contributed by atoms with Crippen molar-refractivity contribution in [2.75, 3.05) is 19.6 Å². The molecule has 0 spiro atoms. The van der Waals surface area contributed by atoms with E-state index in [1.165, 1.54) is 20.7 Å². The van der Waals surface area contributed by atoms with Crippen molar-refractivity contribution in [2.24, 2.45) is 0 Å². The number of aryl methyl sites for hydroxylation is 1.